The molecule has 0 aliphatic heterocycles. The van der Waals surface area contributed by atoms with Gasteiger partial charge in [0.1, 0.15) is 5.82 Å². The van der Waals surface area contributed by atoms with Gasteiger partial charge in [0.2, 0.25) is 5.91 Å². The molecule has 0 saturated carbocycles. The average molecular weight is 334 g/mol. The minimum atomic E-state index is -0.294. The van der Waals surface area contributed by atoms with E-state index in [0.29, 0.717) is 6.54 Å². The maximum Gasteiger partial charge on any atom is 0.223 e. The van der Waals surface area contributed by atoms with Crippen molar-refractivity contribution in [3.63, 3.8) is 0 Å². The monoisotopic (exact) mass is 334 g/mol. The summed E-state index contributed by atoms with van der Waals surface area (Å²) in [6, 6.07) is 5.89. The Morgan fingerprint density at radius 3 is 2.67 bits per heavy atom. The highest BCUT2D eigenvalue weighted by Gasteiger charge is 2.18. The number of nitrogens with two attached hydrogens (primary N) is 1. The average Bonchev–Trinajstić information content (AvgIpc) is 2.95. The quantitative estimate of drug-likeness (QED) is 0.810. The van der Waals surface area contributed by atoms with Gasteiger partial charge in [-0.2, -0.15) is 5.10 Å². The highest BCUT2D eigenvalue weighted by Crippen LogP contribution is 2.20. The van der Waals surface area contributed by atoms with Gasteiger partial charge in [0.15, 0.2) is 0 Å². The molecule has 0 aliphatic rings. The van der Waals surface area contributed by atoms with E-state index in [1.54, 1.807) is 23.0 Å². The van der Waals surface area contributed by atoms with Gasteiger partial charge in [-0.05, 0) is 38.1 Å². The Balaban J connectivity index is 2.09. The Morgan fingerprint density at radius 2 is 2.08 bits per heavy atom. The number of hydrogen-bond acceptors (Lipinski definition) is 4. The molecule has 0 spiro atoms. The fourth-order valence-electron chi connectivity index (χ4n) is 2.54. The molecule has 7 heteroatoms. The Bertz CT molecular complexity index is 680. The topological polar surface area (TPSA) is 82.2 Å². The second-order valence-corrected chi connectivity index (χ2v) is 5.66. The zero-order valence-corrected chi connectivity index (χ0v) is 14.1. The largest absolute Gasteiger partial charge is 0.380 e. The molecular weight excluding hydrogens is 311 g/mol. The smallest absolute Gasteiger partial charge is 0.223 e. The predicted octanol–water partition coefficient (Wildman–Crippen LogP) is 1.86. The van der Waals surface area contributed by atoms with Crippen LogP contribution in [0.3, 0.4) is 0 Å². The number of ether oxygens (including phenoxy) is 1. The molecule has 0 bridgehead atoms. The molecule has 6 nitrogen and oxygen atoms in total. The molecule has 0 aliphatic carbocycles. The number of halogens is 1. The van der Waals surface area contributed by atoms with Gasteiger partial charge in [0.25, 0.3) is 0 Å². The summed E-state index contributed by atoms with van der Waals surface area (Å²) in [5.41, 5.74) is 8.08. The number of carbonyl (C=O) groups excluding carboxylic acids is 1. The standard InChI is InChI=1S/C17H23FN4O2/c1-11(21-17(23)8-15(9-19)24-3)16-10-20-22(12(16)2)14-6-4-13(18)5-7-14/h4-7,10-11,15H,8-9,19H2,1-3H3,(H,21,23). The van der Waals surface area contributed by atoms with Gasteiger partial charge in [0, 0.05) is 24.9 Å². The summed E-state index contributed by atoms with van der Waals surface area (Å²) >= 11 is 0. The van der Waals surface area contributed by atoms with Crippen molar-refractivity contribution in [1.82, 2.24) is 15.1 Å². The van der Waals surface area contributed by atoms with E-state index in [1.165, 1.54) is 19.2 Å². The van der Waals surface area contributed by atoms with Gasteiger partial charge in [-0.25, -0.2) is 9.07 Å². The third-order valence-electron chi connectivity index (χ3n) is 3.97. The minimum absolute atomic E-state index is 0.131. The van der Waals surface area contributed by atoms with Gasteiger partial charge in [-0.1, -0.05) is 0 Å². The molecule has 1 heterocycles. The third-order valence-corrected chi connectivity index (χ3v) is 3.97. The normalized spacial score (nSPS) is 13.5. The lowest BCUT2D eigenvalue weighted by atomic mass is 10.1. The molecule has 2 aromatic rings. The van der Waals surface area contributed by atoms with Gasteiger partial charge < -0.3 is 15.8 Å². The number of nitrogens with one attached hydrogen (secondary N) is 1. The van der Waals surface area contributed by atoms with Crippen molar-refractivity contribution in [3.8, 4) is 5.69 Å². The molecule has 1 aromatic carbocycles. The number of nitrogens with zero attached hydrogens (tertiary/aromatic N) is 2. The van der Waals surface area contributed by atoms with E-state index in [1.807, 2.05) is 13.8 Å². The van der Waals surface area contributed by atoms with E-state index >= 15 is 0 Å². The SMILES string of the molecule is COC(CN)CC(=O)NC(C)c1cnn(-c2ccc(F)cc2)c1C. The molecule has 24 heavy (non-hydrogen) atoms. The van der Waals surface area contributed by atoms with Crippen LogP contribution in [0, 0.1) is 12.7 Å². The van der Waals surface area contributed by atoms with E-state index in [-0.39, 0.29) is 30.3 Å². The maximum absolute atomic E-state index is 13.0. The predicted molar refractivity (Wildman–Crippen MR) is 89.3 cm³/mol. The second kappa shape index (κ2) is 8.03. The van der Waals surface area contributed by atoms with Gasteiger partial charge in [0.05, 0.1) is 30.5 Å². The van der Waals surface area contributed by atoms with E-state index in [9.17, 15) is 9.18 Å². The van der Waals surface area contributed by atoms with E-state index in [0.717, 1.165) is 16.9 Å². The Kier molecular flexibility index (Phi) is 6.05. The van der Waals surface area contributed by atoms with Crippen LogP contribution in [-0.4, -0.2) is 35.4 Å². The zero-order valence-electron chi connectivity index (χ0n) is 14.1. The first-order valence-electron chi connectivity index (χ1n) is 7.79. The maximum atomic E-state index is 13.0. The molecule has 0 radical (unpaired) electrons. The molecule has 2 rings (SSSR count). The summed E-state index contributed by atoms with van der Waals surface area (Å²) in [7, 11) is 1.53. The van der Waals surface area contributed by atoms with Crippen molar-refractivity contribution in [2.75, 3.05) is 13.7 Å². The first-order chi connectivity index (χ1) is 11.5. The number of hydrogen-bond donors (Lipinski definition) is 2. The number of aromatic nitrogens is 2. The van der Waals surface area contributed by atoms with Crippen LogP contribution >= 0.6 is 0 Å². The number of amides is 1. The molecule has 2 unspecified atom stereocenters. The van der Waals surface area contributed by atoms with Crippen LogP contribution in [0.2, 0.25) is 0 Å². The summed E-state index contributed by atoms with van der Waals surface area (Å²) in [5.74, 6) is -0.425. The number of benzene rings is 1. The molecular formula is C17H23FN4O2. The highest BCUT2D eigenvalue weighted by molar-refractivity contribution is 5.77. The zero-order chi connectivity index (χ0) is 17.7. The lowest BCUT2D eigenvalue weighted by Crippen LogP contribution is -2.33. The van der Waals surface area contributed by atoms with Crippen LogP contribution < -0.4 is 11.1 Å². The fourth-order valence-corrected chi connectivity index (χ4v) is 2.54. The Morgan fingerprint density at radius 1 is 1.42 bits per heavy atom. The fraction of sp³-hybridized carbons (Fsp3) is 0.412. The van der Waals surface area contributed by atoms with Crippen molar-refractivity contribution in [1.29, 1.82) is 0 Å². The van der Waals surface area contributed by atoms with Crippen molar-refractivity contribution >= 4 is 5.91 Å². The summed E-state index contributed by atoms with van der Waals surface area (Å²) in [5, 5.41) is 7.26. The minimum Gasteiger partial charge on any atom is -0.380 e. The summed E-state index contributed by atoms with van der Waals surface area (Å²) in [6.45, 7) is 4.09. The highest BCUT2D eigenvalue weighted by atomic mass is 19.1. The van der Waals surface area contributed by atoms with Crippen molar-refractivity contribution in [3.05, 3.63) is 47.5 Å². The molecule has 2 atom stereocenters. The summed E-state index contributed by atoms with van der Waals surface area (Å²) in [4.78, 5) is 12.1. The molecule has 130 valence electrons. The van der Waals surface area contributed by atoms with E-state index in [2.05, 4.69) is 10.4 Å². The van der Waals surface area contributed by atoms with Crippen molar-refractivity contribution in [2.24, 2.45) is 5.73 Å². The lowest BCUT2D eigenvalue weighted by molar-refractivity contribution is -0.124. The molecule has 0 fully saturated rings. The lowest BCUT2D eigenvalue weighted by Gasteiger charge is -2.17. The second-order valence-electron chi connectivity index (χ2n) is 5.66. The van der Waals surface area contributed by atoms with Crippen molar-refractivity contribution in [2.45, 2.75) is 32.4 Å². The van der Waals surface area contributed by atoms with E-state index < -0.39 is 0 Å². The van der Waals surface area contributed by atoms with E-state index in [4.69, 9.17) is 10.5 Å². The van der Waals surface area contributed by atoms with Crippen LogP contribution in [0.15, 0.2) is 30.5 Å². The summed E-state index contributed by atoms with van der Waals surface area (Å²) in [6.07, 6.45) is 1.63. The van der Waals surface area contributed by atoms with Gasteiger partial charge >= 0.3 is 0 Å². The van der Waals surface area contributed by atoms with Crippen LogP contribution in [0.4, 0.5) is 4.39 Å². The Hall–Kier alpha value is -2.25. The van der Waals surface area contributed by atoms with Gasteiger partial charge in [-0.15, -0.1) is 0 Å². The summed E-state index contributed by atoms with van der Waals surface area (Å²) < 4.78 is 19.9. The Labute approximate surface area is 140 Å². The number of methoxy groups -OCH3 is 1. The number of carbonyl (C=O) groups is 1. The van der Waals surface area contributed by atoms with Crippen LogP contribution in [0.5, 0.6) is 0 Å². The van der Waals surface area contributed by atoms with Crippen LogP contribution in [0.25, 0.3) is 5.69 Å². The van der Waals surface area contributed by atoms with Crippen LogP contribution in [-0.2, 0) is 9.53 Å². The molecule has 1 amide bonds. The third kappa shape index (κ3) is 4.18. The molecule has 3 N–H and O–H groups in total. The molecule has 1 aromatic heterocycles. The first kappa shape index (κ1) is 18.1. The van der Waals surface area contributed by atoms with Gasteiger partial charge in [-0.3, -0.25) is 4.79 Å². The van der Waals surface area contributed by atoms with Crippen molar-refractivity contribution < 1.29 is 13.9 Å². The molecule has 0 saturated heterocycles. The number of rotatable bonds is 7. The van der Waals surface area contributed by atoms with Crippen LogP contribution in [0.1, 0.15) is 30.6 Å². The first-order valence-corrected chi connectivity index (χ1v) is 7.79.